The van der Waals surface area contributed by atoms with E-state index in [9.17, 15) is 34.9 Å². The van der Waals surface area contributed by atoms with Crippen LogP contribution in [0.4, 0.5) is 11.4 Å². The molecule has 134 valence electrons. The van der Waals surface area contributed by atoms with Gasteiger partial charge >= 0.3 is 5.69 Å². The lowest BCUT2D eigenvalue weighted by atomic mass is 9.99. The number of aromatic hydroxyl groups is 1. The van der Waals surface area contributed by atoms with Gasteiger partial charge in [0.05, 0.1) is 23.4 Å². The lowest BCUT2D eigenvalue weighted by Gasteiger charge is -2.09. The topological polar surface area (TPSA) is 150 Å². The Morgan fingerprint density at radius 2 is 1.62 bits per heavy atom. The monoisotopic (exact) mass is 360 g/mol. The van der Waals surface area contributed by atoms with E-state index in [4.69, 9.17) is 4.74 Å². The number of nitro groups is 2. The van der Waals surface area contributed by atoms with Crippen molar-refractivity contribution >= 4 is 22.9 Å². The van der Waals surface area contributed by atoms with E-state index in [0.29, 0.717) is 0 Å². The van der Waals surface area contributed by atoms with Crippen LogP contribution in [0.25, 0.3) is 0 Å². The van der Waals surface area contributed by atoms with Gasteiger partial charge in [0.25, 0.3) is 5.69 Å². The molecule has 0 fully saturated rings. The summed E-state index contributed by atoms with van der Waals surface area (Å²) in [5.41, 5.74) is -1.34. The van der Waals surface area contributed by atoms with Crippen molar-refractivity contribution in [2.75, 3.05) is 7.11 Å². The largest absolute Gasteiger partial charge is 0.501 e. The number of non-ortho nitro benzene ring substituents is 1. The number of carbonyl (C=O) groups excluding carboxylic acids is 2. The van der Waals surface area contributed by atoms with Crippen LogP contribution in [0.1, 0.15) is 27.1 Å². The van der Waals surface area contributed by atoms with Gasteiger partial charge in [-0.2, -0.15) is 0 Å². The molecule has 2 aromatic rings. The fourth-order valence-corrected chi connectivity index (χ4v) is 2.25. The lowest BCUT2D eigenvalue weighted by molar-refractivity contribution is -0.385. The molecule has 0 bridgehead atoms. The number of hydrogen-bond donors (Lipinski definition) is 1. The molecule has 2 rings (SSSR count). The van der Waals surface area contributed by atoms with Gasteiger partial charge in [0.1, 0.15) is 11.3 Å². The number of hydrogen-bond acceptors (Lipinski definition) is 8. The van der Waals surface area contributed by atoms with Crippen molar-refractivity contribution in [3.8, 4) is 11.5 Å². The molecule has 26 heavy (non-hydrogen) atoms. The van der Waals surface area contributed by atoms with Crippen LogP contribution in [0.3, 0.4) is 0 Å². The van der Waals surface area contributed by atoms with Gasteiger partial charge < -0.3 is 9.84 Å². The summed E-state index contributed by atoms with van der Waals surface area (Å²) < 4.78 is 4.92. The van der Waals surface area contributed by atoms with Crippen molar-refractivity contribution in [1.82, 2.24) is 0 Å². The zero-order valence-corrected chi connectivity index (χ0v) is 13.4. The van der Waals surface area contributed by atoms with Gasteiger partial charge in [0, 0.05) is 23.8 Å². The molecule has 0 saturated heterocycles. The Labute approximate surface area is 145 Å². The van der Waals surface area contributed by atoms with Crippen LogP contribution in [0.5, 0.6) is 11.5 Å². The van der Waals surface area contributed by atoms with E-state index in [-0.39, 0.29) is 17.0 Å². The quantitative estimate of drug-likeness (QED) is 0.342. The fraction of sp³-hybridized carbons (Fsp3) is 0.125. The molecule has 0 heterocycles. The van der Waals surface area contributed by atoms with Crippen LogP contribution in [0, 0.1) is 20.2 Å². The number of nitrogens with zero attached hydrogens (tertiary/aromatic N) is 2. The maximum absolute atomic E-state index is 12.4. The van der Waals surface area contributed by atoms with E-state index < -0.39 is 44.8 Å². The summed E-state index contributed by atoms with van der Waals surface area (Å²) in [4.78, 5) is 44.6. The van der Waals surface area contributed by atoms with E-state index in [2.05, 4.69) is 0 Å². The number of Topliss-reactive ketones (excluding diaryl/α,β-unsaturated/α-hetero) is 2. The second kappa shape index (κ2) is 7.38. The van der Waals surface area contributed by atoms with Crippen molar-refractivity contribution in [2.24, 2.45) is 0 Å². The summed E-state index contributed by atoms with van der Waals surface area (Å²) in [5.74, 6) is -2.56. The molecule has 10 heteroatoms. The Kier molecular flexibility index (Phi) is 5.26. The van der Waals surface area contributed by atoms with Crippen LogP contribution < -0.4 is 4.74 Å². The Hall–Kier alpha value is -3.82. The van der Waals surface area contributed by atoms with Crippen molar-refractivity contribution in [3.05, 3.63) is 67.8 Å². The van der Waals surface area contributed by atoms with Crippen LogP contribution in [-0.4, -0.2) is 33.6 Å². The summed E-state index contributed by atoms with van der Waals surface area (Å²) in [6.07, 6.45) is -0.705. The Morgan fingerprint density at radius 3 is 2.12 bits per heavy atom. The zero-order valence-electron chi connectivity index (χ0n) is 13.4. The van der Waals surface area contributed by atoms with E-state index in [1.165, 1.54) is 19.2 Å². The van der Waals surface area contributed by atoms with Gasteiger partial charge in [0.15, 0.2) is 11.6 Å². The highest BCUT2D eigenvalue weighted by molar-refractivity contribution is 6.15. The molecule has 0 atom stereocenters. The first-order valence-electron chi connectivity index (χ1n) is 7.11. The molecule has 0 amide bonds. The third-order valence-electron chi connectivity index (χ3n) is 3.54. The average Bonchev–Trinajstić information content (AvgIpc) is 2.60. The SMILES string of the molecule is COc1ccc([N+](=O)[O-])c(O)c1C(=O)CC(=O)c1ccc([N+](=O)[O-])cc1. The molecule has 0 saturated carbocycles. The standard InChI is InChI=1S/C16H12N2O8/c1-26-14-7-6-11(18(24)25)16(21)15(14)13(20)8-12(19)9-2-4-10(5-3-9)17(22)23/h2-7,21H,8H2,1H3. The number of phenols is 1. The summed E-state index contributed by atoms with van der Waals surface area (Å²) in [6, 6.07) is 6.73. The van der Waals surface area contributed by atoms with E-state index >= 15 is 0 Å². The molecule has 2 aromatic carbocycles. The minimum absolute atomic E-state index is 0.0489. The van der Waals surface area contributed by atoms with Gasteiger partial charge in [-0.3, -0.25) is 29.8 Å². The first-order valence-corrected chi connectivity index (χ1v) is 7.11. The summed E-state index contributed by atoms with van der Waals surface area (Å²) >= 11 is 0. The van der Waals surface area contributed by atoms with Gasteiger partial charge in [0.2, 0.25) is 5.75 Å². The van der Waals surface area contributed by atoms with E-state index in [1.54, 1.807) is 0 Å². The molecule has 0 radical (unpaired) electrons. The van der Waals surface area contributed by atoms with Crippen LogP contribution in [0.2, 0.25) is 0 Å². The fourth-order valence-electron chi connectivity index (χ4n) is 2.25. The van der Waals surface area contributed by atoms with Crippen LogP contribution in [-0.2, 0) is 0 Å². The summed E-state index contributed by atoms with van der Waals surface area (Å²) in [6.45, 7) is 0. The third kappa shape index (κ3) is 3.64. The number of ether oxygens (including phenoxy) is 1. The summed E-state index contributed by atoms with van der Waals surface area (Å²) in [5, 5.41) is 31.5. The van der Waals surface area contributed by atoms with Gasteiger partial charge in [-0.15, -0.1) is 0 Å². The number of ketones is 2. The smallest absolute Gasteiger partial charge is 0.311 e. The second-order valence-electron chi connectivity index (χ2n) is 5.09. The third-order valence-corrected chi connectivity index (χ3v) is 3.54. The lowest BCUT2D eigenvalue weighted by Crippen LogP contribution is -2.11. The highest BCUT2D eigenvalue weighted by Crippen LogP contribution is 2.37. The number of methoxy groups -OCH3 is 1. The first-order chi connectivity index (χ1) is 12.3. The number of phenolic OH excluding ortho intramolecular Hbond substituents is 1. The normalized spacial score (nSPS) is 10.2. The highest BCUT2D eigenvalue weighted by Gasteiger charge is 2.27. The molecular formula is C16H12N2O8. The minimum Gasteiger partial charge on any atom is -0.501 e. The molecule has 0 aliphatic heterocycles. The predicted octanol–water partition coefficient (Wildman–Crippen LogP) is 2.67. The summed E-state index contributed by atoms with van der Waals surface area (Å²) in [7, 11) is 1.20. The number of rotatable bonds is 7. The van der Waals surface area contributed by atoms with Crippen molar-refractivity contribution in [3.63, 3.8) is 0 Å². The molecule has 0 spiro atoms. The molecule has 0 aliphatic rings. The highest BCUT2D eigenvalue weighted by atomic mass is 16.6. The van der Waals surface area contributed by atoms with Crippen molar-refractivity contribution in [2.45, 2.75) is 6.42 Å². The van der Waals surface area contributed by atoms with Crippen LogP contribution in [0.15, 0.2) is 36.4 Å². The Balaban J connectivity index is 2.31. The maximum atomic E-state index is 12.4. The number of benzene rings is 2. The average molecular weight is 360 g/mol. The molecule has 0 unspecified atom stereocenters. The van der Waals surface area contributed by atoms with E-state index in [1.807, 2.05) is 0 Å². The Bertz CT molecular complexity index is 905. The maximum Gasteiger partial charge on any atom is 0.311 e. The minimum atomic E-state index is -0.893. The predicted molar refractivity (Wildman–Crippen MR) is 87.7 cm³/mol. The molecule has 0 aliphatic carbocycles. The number of nitro benzene ring substituents is 2. The molecular weight excluding hydrogens is 348 g/mol. The van der Waals surface area contributed by atoms with Gasteiger partial charge in [-0.25, -0.2) is 0 Å². The van der Waals surface area contributed by atoms with Gasteiger partial charge in [-0.05, 0) is 18.2 Å². The van der Waals surface area contributed by atoms with Gasteiger partial charge in [-0.1, -0.05) is 0 Å². The molecule has 0 aromatic heterocycles. The van der Waals surface area contributed by atoms with Crippen LogP contribution >= 0.6 is 0 Å². The Morgan fingerprint density at radius 1 is 1.00 bits per heavy atom. The van der Waals surface area contributed by atoms with Crippen molar-refractivity contribution < 1.29 is 29.3 Å². The molecule has 1 N–H and O–H groups in total. The number of carbonyl (C=O) groups is 2. The zero-order chi connectivity index (χ0) is 19.4. The van der Waals surface area contributed by atoms with Crippen molar-refractivity contribution in [1.29, 1.82) is 0 Å². The first kappa shape index (κ1) is 18.5. The molecule has 10 nitrogen and oxygen atoms in total. The second-order valence-corrected chi connectivity index (χ2v) is 5.09. The van der Waals surface area contributed by atoms with E-state index in [0.717, 1.165) is 24.3 Å².